The van der Waals surface area contributed by atoms with Gasteiger partial charge in [-0.05, 0) is 54.2 Å². The molecule has 1 nitrogen and oxygen atoms in total. The van der Waals surface area contributed by atoms with Crippen LogP contribution in [0.3, 0.4) is 0 Å². The van der Waals surface area contributed by atoms with E-state index in [0.29, 0.717) is 0 Å². The molecule has 1 unspecified atom stereocenters. The normalized spacial score (nSPS) is 13.5. The van der Waals surface area contributed by atoms with Gasteiger partial charge in [0, 0.05) is 0 Å². The van der Waals surface area contributed by atoms with Crippen LogP contribution in [0.1, 0.15) is 19.4 Å². The van der Waals surface area contributed by atoms with Crippen molar-refractivity contribution in [3.05, 3.63) is 22.4 Å². The van der Waals surface area contributed by atoms with Crippen molar-refractivity contribution in [2.75, 3.05) is 13.6 Å². The molecule has 0 fully saturated rings. The fourth-order valence-corrected chi connectivity index (χ4v) is 2.20. The van der Waals surface area contributed by atoms with Crippen molar-refractivity contribution in [3.63, 3.8) is 0 Å². The fraction of sp³-hybridized carbons (Fsp3) is 0.636. The van der Waals surface area contributed by atoms with Crippen LogP contribution in [0.25, 0.3) is 0 Å². The molecule has 1 aromatic rings. The van der Waals surface area contributed by atoms with E-state index in [1.807, 2.05) is 7.05 Å². The Labute approximate surface area is 85.2 Å². The second kappa shape index (κ2) is 5.40. The Morgan fingerprint density at radius 3 is 2.69 bits per heavy atom. The molecule has 0 bridgehead atoms. The van der Waals surface area contributed by atoms with Crippen LogP contribution < -0.4 is 5.32 Å². The van der Waals surface area contributed by atoms with Crippen molar-refractivity contribution in [3.8, 4) is 0 Å². The van der Waals surface area contributed by atoms with E-state index in [1.165, 1.54) is 12.0 Å². The summed E-state index contributed by atoms with van der Waals surface area (Å²) in [7, 11) is 2.03. The van der Waals surface area contributed by atoms with Gasteiger partial charge < -0.3 is 5.32 Å². The Morgan fingerprint density at radius 2 is 2.23 bits per heavy atom. The van der Waals surface area contributed by atoms with E-state index in [-0.39, 0.29) is 0 Å². The van der Waals surface area contributed by atoms with Gasteiger partial charge in [-0.3, -0.25) is 0 Å². The smallest absolute Gasteiger partial charge is 0.00179 e. The first kappa shape index (κ1) is 10.7. The molecule has 0 aromatic carbocycles. The Kier molecular flexibility index (Phi) is 4.46. The van der Waals surface area contributed by atoms with E-state index in [9.17, 15) is 0 Å². The van der Waals surface area contributed by atoms with Gasteiger partial charge in [0.05, 0.1) is 0 Å². The molecule has 13 heavy (non-hydrogen) atoms. The summed E-state index contributed by atoms with van der Waals surface area (Å²) in [6.45, 7) is 5.72. The van der Waals surface area contributed by atoms with Crippen molar-refractivity contribution in [2.24, 2.45) is 11.8 Å². The van der Waals surface area contributed by atoms with Gasteiger partial charge in [-0.15, -0.1) is 0 Å². The summed E-state index contributed by atoms with van der Waals surface area (Å²) < 4.78 is 0. The summed E-state index contributed by atoms with van der Waals surface area (Å²) in [5.41, 5.74) is 1.49. The SMILES string of the molecule is CNCC(Cc1ccsc1)C(C)C. The highest BCUT2D eigenvalue weighted by molar-refractivity contribution is 7.07. The Morgan fingerprint density at radius 1 is 1.46 bits per heavy atom. The zero-order valence-electron chi connectivity index (χ0n) is 8.71. The molecule has 0 aliphatic heterocycles. The molecular formula is C11H19NS. The lowest BCUT2D eigenvalue weighted by Crippen LogP contribution is -2.24. The molecule has 1 atom stereocenters. The molecular weight excluding hydrogens is 178 g/mol. The van der Waals surface area contributed by atoms with Gasteiger partial charge in [-0.1, -0.05) is 13.8 Å². The molecule has 2 heteroatoms. The third-order valence-electron chi connectivity index (χ3n) is 2.49. The van der Waals surface area contributed by atoms with Crippen LogP contribution in [0.15, 0.2) is 16.8 Å². The second-order valence-corrected chi connectivity index (χ2v) is 4.68. The minimum atomic E-state index is 0.757. The molecule has 74 valence electrons. The molecule has 1 aromatic heterocycles. The Hall–Kier alpha value is -0.340. The zero-order valence-corrected chi connectivity index (χ0v) is 9.53. The predicted molar refractivity (Wildman–Crippen MR) is 60.3 cm³/mol. The minimum Gasteiger partial charge on any atom is -0.319 e. The van der Waals surface area contributed by atoms with Crippen LogP contribution in [0, 0.1) is 11.8 Å². The molecule has 1 N–H and O–H groups in total. The largest absolute Gasteiger partial charge is 0.319 e. The highest BCUT2D eigenvalue weighted by atomic mass is 32.1. The average Bonchev–Trinajstić information content (AvgIpc) is 2.56. The standard InChI is InChI=1S/C11H19NS/c1-9(2)11(7-12-3)6-10-4-5-13-8-10/h4-5,8-9,11-12H,6-7H2,1-3H3. The van der Waals surface area contributed by atoms with E-state index in [1.54, 1.807) is 11.3 Å². The lowest BCUT2D eigenvalue weighted by molar-refractivity contribution is 0.371. The molecule has 0 amide bonds. The lowest BCUT2D eigenvalue weighted by Gasteiger charge is -2.19. The van der Waals surface area contributed by atoms with Gasteiger partial charge in [-0.25, -0.2) is 0 Å². The van der Waals surface area contributed by atoms with Crippen molar-refractivity contribution in [1.29, 1.82) is 0 Å². The van der Waals surface area contributed by atoms with Gasteiger partial charge in [0.25, 0.3) is 0 Å². The lowest BCUT2D eigenvalue weighted by atomic mass is 9.90. The number of hydrogen-bond acceptors (Lipinski definition) is 2. The number of thiophene rings is 1. The first-order valence-electron chi connectivity index (χ1n) is 4.89. The topological polar surface area (TPSA) is 12.0 Å². The molecule has 0 saturated carbocycles. The summed E-state index contributed by atoms with van der Waals surface area (Å²) in [4.78, 5) is 0. The van der Waals surface area contributed by atoms with Crippen molar-refractivity contribution < 1.29 is 0 Å². The molecule has 0 aliphatic carbocycles. The first-order chi connectivity index (χ1) is 6.24. The third-order valence-corrected chi connectivity index (χ3v) is 3.22. The van der Waals surface area contributed by atoms with E-state index < -0.39 is 0 Å². The van der Waals surface area contributed by atoms with Crippen molar-refractivity contribution in [2.45, 2.75) is 20.3 Å². The summed E-state index contributed by atoms with van der Waals surface area (Å²) >= 11 is 1.79. The predicted octanol–water partition coefficient (Wildman–Crippen LogP) is 2.78. The van der Waals surface area contributed by atoms with E-state index in [4.69, 9.17) is 0 Å². The Bertz CT molecular complexity index is 216. The average molecular weight is 197 g/mol. The van der Waals surface area contributed by atoms with Gasteiger partial charge in [0.2, 0.25) is 0 Å². The van der Waals surface area contributed by atoms with Crippen molar-refractivity contribution >= 4 is 11.3 Å². The third kappa shape index (κ3) is 3.49. The van der Waals surface area contributed by atoms with Crippen LogP contribution >= 0.6 is 11.3 Å². The van der Waals surface area contributed by atoms with E-state index in [2.05, 4.69) is 36.0 Å². The number of rotatable bonds is 5. The molecule has 1 heterocycles. The summed E-state index contributed by atoms with van der Waals surface area (Å²) in [6.07, 6.45) is 1.21. The monoisotopic (exact) mass is 197 g/mol. The molecule has 1 rings (SSSR count). The maximum Gasteiger partial charge on any atom is -0.00179 e. The van der Waals surface area contributed by atoms with Crippen LogP contribution in [0.5, 0.6) is 0 Å². The zero-order chi connectivity index (χ0) is 9.68. The molecule has 0 spiro atoms. The maximum atomic E-state index is 3.26. The highest BCUT2D eigenvalue weighted by Crippen LogP contribution is 2.18. The van der Waals surface area contributed by atoms with Gasteiger partial charge >= 0.3 is 0 Å². The quantitative estimate of drug-likeness (QED) is 0.765. The van der Waals surface area contributed by atoms with Gasteiger partial charge in [0.1, 0.15) is 0 Å². The van der Waals surface area contributed by atoms with Gasteiger partial charge in [0.15, 0.2) is 0 Å². The minimum absolute atomic E-state index is 0.757. The fourth-order valence-electron chi connectivity index (χ4n) is 1.52. The molecule has 0 saturated heterocycles. The summed E-state index contributed by atoms with van der Waals surface area (Å²) in [6, 6.07) is 2.23. The number of nitrogens with one attached hydrogen (secondary N) is 1. The highest BCUT2D eigenvalue weighted by Gasteiger charge is 2.12. The van der Waals surface area contributed by atoms with Crippen LogP contribution in [0.2, 0.25) is 0 Å². The van der Waals surface area contributed by atoms with Crippen LogP contribution in [-0.2, 0) is 6.42 Å². The second-order valence-electron chi connectivity index (χ2n) is 3.90. The Balaban J connectivity index is 2.47. The molecule has 0 aliphatic rings. The summed E-state index contributed by atoms with van der Waals surface area (Å²) in [5, 5.41) is 7.68. The van der Waals surface area contributed by atoms with Crippen LogP contribution in [-0.4, -0.2) is 13.6 Å². The maximum absolute atomic E-state index is 3.26. The summed E-state index contributed by atoms with van der Waals surface area (Å²) in [5.74, 6) is 1.52. The first-order valence-corrected chi connectivity index (χ1v) is 5.84. The van der Waals surface area contributed by atoms with Crippen LogP contribution in [0.4, 0.5) is 0 Å². The van der Waals surface area contributed by atoms with E-state index in [0.717, 1.165) is 18.4 Å². The number of hydrogen-bond donors (Lipinski definition) is 1. The van der Waals surface area contributed by atoms with E-state index >= 15 is 0 Å². The van der Waals surface area contributed by atoms with Crippen molar-refractivity contribution in [1.82, 2.24) is 5.32 Å². The molecule has 0 radical (unpaired) electrons. The van der Waals surface area contributed by atoms with Gasteiger partial charge in [-0.2, -0.15) is 11.3 Å².